The van der Waals surface area contributed by atoms with Crippen LogP contribution in [0.25, 0.3) is 0 Å². The van der Waals surface area contributed by atoms with Gasteiger partial charge in [0.1, 0.15) is 5.82 Å². The lowest BCUT2D eigenvalue weighted by molar-refractivity contribution is 0.116. The fourth-order valence-corrected chi connectivity index (χ4v) is 1.76. The molecule has 1 aromatic carbocycles. The second kappa shape index (κ2) is 8.07. The van der Waals surface area contributed by atoms with E-state index in [1.54, 1.807) is 6.07 Å². The minimum absolute atomic E-state index is 0.299. The second-order valence-corrected chi connectivity index (χ2v) is 4.36. The monoisotopic (exact) mass is 239 g/mol. The van der Waals surface area contributed by atoms with E-state index >= 15 is 0 Å². The molecule has 0 radical (unpaired) electrons. The Kier molecular flexibility index (Phi) is 6.63. The maximum atomic E-state index is 13.0. The highest BCUT2D eigenvalue weighted by Crippen LogP contribution is 2.12. The summed E-state index contributed by atoms with van der Waals surface area (Å²) in [5.74, 6) is -0.299. The first kappa shape index (κ1) is 14.0. The Morgan fingerprint density at radius 2 is 1.88 bits per heavy atom. The molecule has 2 N–H and O–H groups in total. The molecule has 0 aliphatic heterocycles. The fourth-order valence-electron chi connectivity index (χ4n) is 1.76. The zero-order valence-corrected chi connectivity index (χ0v) is 10.5. The highest BCUT2D eigenvalue weighted by molar-refractivity contribution is 5.41. The van der Waals surface area contributed by atoms with E-state index in [9.17, 15) is 4.39 Å². The van der Waals surface area contributed by atoms with Gasteiger partial charge in [0.25, 0.3) is 0 Å². The SMILES string of the molecule is CCCCCCCOCc1cc(N)cc(F)c1. The van der Waals surface area contributed by atoms with Crippen molar-refractivity contribution in [3.8, 4) is 0 Å². The van der Waals surface area contributed by atoms with E-state index in [4.69, 9.17) is 10.5 Å². The van der Waals surface area contributed by atoms with Gasteiger partial charge in [-0.3, -0.25) is 0 Å². The lowest BCUT2D eigenvalue weighted by Gasteiger charge is -2.05. The minimum atomic E-state index is -0.299. The summed E-state index contributed by atoms with van der Waals surface area (Å²) in [6.07, 6.45) is 6.10. The average molecular weight is 239 g/mol. The molecule has 96 valence electrons. The fraction of sp³-hybridized carbons (Fsp3) is 0.571. The van der Waals surface area contributed by atoms with E-state index in [-0.39, 0.29) is 5.82 Å². The van der Waals surface area contributed by atoms with E-state index < -0.39 is 0 Å². The molecule has 0 aliphatic carbocycles. The van der Waals surface area contributed by atoms with Gasteiger partial charge in [-0.1, -0.05) is 32.6 Å². The van der Waals surface area contributed by atoms with Crippen LogP contribution in [0.15, 0.2) is 18.2 Å². The minimum Gasteiger partial charge on any atom is -0.399 e. The molecule has 3 heteroatoms. The highest BCUT2D eigenvalue weighted by atomic mass is 19.1. The van der Waals surface area contributed by atoms with Crippen LogP contribution >= 0.6 is 0 Å². The van der Waals surface area contributed by atoms with Crippen molar-refractivity contribution in [2.24, 2.45) is 0 Å². The maximum Gasteiger partial charge on any atom is 0.125 e. The van der Waals surface area contributed by atoms with Gasteiger partial charge in [0.15, 0.2) is 0 Å². The van der Waals surface area contributed by atoms with Crippen molar-refractivity contribution < 1.29 is 9.13 Å². The Morgan fingerprint density at radius 3 is 2.59 bits per heavy atom. The predicted molar refractivity (Wildman–Crippen MR) is 69.2 cm³/mol. The van der Waals surface area contributed by atoms with E-state index in [1.165, 1.54) is 37.8 Å². The summed E-state index contributed by atoms with van der Waals surface area (Å²) < 4.78 is 18.5. The summed E-state index contributed by atoms with van der Waals surface area (Å²) >= 11 is 0. The van der Waals surface area contributed by atoms with Crippen molar-refractivity contribution in [2.45, 2.75) is 45.6 Å². The number of ether oxygens (including phenoxy) is 1. The number of unbranched alkanes of at least 4 members (excludes halogenated alkanes) is 4. The van der Waals surface area contributed by atoms with Crippen molar-refractivity contribution in [1.82, 2.24) is 0 Å². The first-order chi connectivity index (χ1) is 8.22. The van der Waals surface area contributed by atoms with Crippen LogP contribution < -0.4 is 5.73 Å². The normalized spacial score (nSPS) is 10.7. The van der Waals surface area contributed by atoms with E-state index in [0.717, 1.165) is 18.6 Å². The molecule has 0 saturated carbocycles. The summed E-state index contributed by atoms with van der Waals surface area (Å²) in [6, 6.07) is 4.53. The van der Waals surface area contributed by atoms with Gasteiger partial charge in [-0.25, -0.2) is 4.39 Å². The summed E-state index contributed by atoms with van der Waals surface area (Å²) in [5, 5.41) is 0. The smallest absolute Gasteiger partial charge is 0.125 e. The quantitative estimate of drug-likeness (QED) is 0.551. The molecule has 0 saturated heterocycles. The van der Waals surface area contributed by atoms with Crippen LogP contribution in [-0.4, -0.2) is 6.61 Å². The Hall–Kier alpha value is -1.09. The Labute approximate surface area is 103 Å². The number of hydrogen-bond donors (Lipinski definition) is 1. The van der Waals surface area contributed by atoms with Crippen molar-refractivity contribution in [3.05, 3.63) is 29.6 Å². The summed E-state index contributed by atoms with van der Waals surface area (Å²) in [4.78, 5) is 0. The molecule has 0 atom stereocenters. The van der Waals surface area contributed by atoms with Gasteiger partial charge in [-0.15, -0.1) is 0 Å². The predicted octanol–water partition coefficient (Wildman–Crippen LogP) is 3.89. The number of anilines is 1. The van der Waals surface area contributed by atoms with E-state index in [1.807, 2.05) is 0 Å². The van der Waals surface area contributed by atoms with Crippen LogP contribution in [0, 0.1) is 5.82 Å². The van der Waals surface area contributed by atoms with Gasteiger partial charge >= 0.3 is 0 Å². The number of benzene rings is 1. The molecular formula is C14H22FNO. The molecule has 0 heterocycles. The molecule has 1 aromatic rings. The molecule has 2 nitrogen and oxygen atoms in total. The number of rotatable bonds is 8. The number of nitrogens with two attached hydrogens (primary N) is 1. The molecule has 0 aromatic heterocycles. The van der Waals surface area contributed by atoms with Crippen LogP contribution in [0.4, 0.5) is 10.1 Å². The summed E-state index contributed by atoms with van der Waals surface area (Å²) in [6.45, 7) is 3.38. The Morgan fingerprint density at radius 1 is 1.12 bits per heavy atom. The first-order valence-corrected chi connectivity index (χ1v) is 6.35. The third kappa shape index (κ3) is 6.27. The number of halogens is 1. The number of hydrogen-bond acceptors (Lipinski definition) is 2. The Balaban J connectivity index is 2.13. The Bertz CT molecular complexity index is 308. The average Bonchev–Trinajstić information content (AvgIpc) is 2.26. The second-order valence-electron chi connectivity index (χ2n) is 4.36. The highest BCUT2D eigenvalue weighted by Gasteiger charge is 1.99. The van der Waals surface area contributed by atoms with Crippen molar-refractivity contribution in [3.63, 3.8) is 0 Å². The lowest BCUT2D eigenvalue weighted by atomic mass is 10.2. The molecule has 0 bridgehead atoms. The summed E-state index contributed by atoms with van der Waals surface area (Å²) in [7, 11) is 0. The molecule has 0 spiro atoms. The van der Waals surface area contributed by atoms with Crippen LogP contribution in [0.5, 0.6) is 0 Å². The van der Waals surface area contributed by atoms with Gasteiger partial charge < -0.3 is 10.5 Å². The standard InChI is InChI=1S/C14H22FNO/c1-2-3-4-5-6-7-17-11-12-8-13(15)10-14(16)9-12/h8-10H,2-7,11,16H2,1H3. The lowest BCUT2D eigenvalue weighted by Crippen LogP contribution is -1.97. The van der Waals surface area contributed by atoms with Gasteiger partial charge in [0.2, 0.25) is 0 Å². The topological polar surface area (TPSA) is 35.2 Å². The molecule has 0 aliphatic rings. The largest absolute Gasteiger partial charge is 0.399 e. The molecule has 0 amide bonds. The maximum absolute atomic E-state index is 13.0. The van der Waals surface area contributed by atoms with Crippen molar-refractivity contribution >= 4 is 5.69 Å². The van der Waals surface area contributed by atoms with E-state index in [0.29, 0.717) is 12.3 Å². The van der Waals surface area contributed by atoms with Crippen LogP contribution in [0.2, 0.25) is 0 Å². The van der Waals surface area contributed by atoms with Crippen molar-refractivity contribution in [2.75, 3.05) is 12.3 Å². The molecule has 1 rings (SSSR count). The van der Waals surface area contributed by atoms with Crippen LogP contribution in [0.1, 0.15) is 44.6 Å². The van der Waals surface area contributed by atoms with Crippen molar-refractivity contribution in [1.29, 1.82) is 0 Å². The third-order valence-corrected chi connectivity index (χ3v) is 2.64. The van der Waals surface area contributed by atoms with Gasteiger partial charge in [-0.05, 0) is 30.2 Å². The number of nitrogen functional groups attached to an aromatic ring is 1. The molecule has 0 fully saturated rings. The van der Waals surface area contributed by atoms with Crippen LogP contribution in [0.3, 0.4) is 0 Å². The molecule has 17 heavy (non-hydrogen) atoms. The van der Waals surface area contributed by atoms with Gasteiger partial charge in [-0.2, -0.15) is 0 Å². The summed E-state index contributed by atoms with van der Waals surface area (Å²) in [5.41, 5.74) is 6.80. The first-order valence-electron chi connectivity index (χ1n) is 6.35. The molecular weight excluding hydrogens is 217 g/mol. The van der Waals surface area contributed by atoms with Gasteiger partial charge in [0.05, 0.1) is 6.61 Å². The molecule has 0 unspecified atom stereocenters. The van der Waals surface area contributed by atoms with Gasteiger partial charge in [0, 0.05) is 12.3 Å². The van der Waals surface area contributed by atoms with E-state index in [2.05, 4.69) is 6.92 Å². The zero-order chi connectivity index (χ0) is 12.5. The zero-order valence-electron chi connectivity index (χ0n) is 10.5. The van der Waals surface area contributed by atoms with Crippen LogP contribution in [-0.2, 0) is 11.3 Å². The third-order valence-electron chi connectivity index (χ3n) is 2.64.